The summed E-state index contributed by atoms with van der Waals surface area (Å²) in [6.07, 6.45) is -2.67. The predicted molar refractivity (Wildman–Crippen MR) is 83.7 cm³/mol. The lowest BCUT2D eigenvalue weighted by molar-refractivity contribution is -0.137. The molecule has 0 aliphatic carbocycles. The molecule has 0 spiro atoms. The predicted octanol–water partition coefficient (Wildman–Crippen LogP) is 5.23. The Morgan fingerprint density at radius 1 is 1.00 bits per heavy atom. The first-order valence-corrected chi connectivity index (χ1v) is 9.71. The Morgan fingerprint density at radius 2 is 1.81 bits per heavy atom. The van der Waals surface area contributed by atoms with Crippen molar-refractivity contribution >= 4 is 31.4 Å². The van der Waals surface area contributed by atoms with Crippen molar-refractivity contribution in [2.75, 3.05) is 0 Å². The first kappa shape index (κ1) is 16.5. The highest BCUT2D eigenvalue weighted by atomic mass is 33.5. The highest BCUT2D eigenvalue weighted by Gasteiger charge is 2.30. The smallest absolute Gasteiger partial charge is 0.166 e. The number of benzene rings is 1. The van der Waals surface area contributed by atoms with Gasteiger partial charge in [0.2, 0.25) is 0 Å². The number of alkyl halides is 3. The molecule has 0 saturated heterocycles. The van der Waals surface area contributed by atoms with E-state index < -0.39 is 11.7 Å². The van der Waals surface area contributed by atoms with E-state index in [9.17, 15) is 13.2 Å². The molecule has 2 nitrogen and oxygen atoms in total. The maximum absolute atomic E-state index is 12.6. The number of hydrogen-bond donors (Lipinski definition) is 0. The minimum absolute atomic E-state index is 0.530. The Kier molecular flexibility index (Phi) is 6.25. The average molecular weight is 348 g/mol. The summed E-state index contributed by atoms with van der Waals surface area (Å²) in [6, 6.07) is 9.14. The molecule has 112 valence electrons. The molecule has 0 aliphatic heterocycles. The fourth-order valence-electron chi connectivity index (χ4n) is 1.46. The monoisotopic (exact) mass is 348 g/mol. The number of aromatic nitrogens is 2. The standard InChI is InChI=1S/C13H11F3N2S3/c14-13(15,16)11-4-1-3-10(7-11)8-19-21-20-9-12-5-2-6-17-18-12/h1-7H,8-9H2. The summed E-state index contributed by atoms with van der Waals surface area (Å²) in [4.78, 5) is 0. The molecule has 0 fully saturated rings. The second-order valence-electron chi connectivity index (χ2n) is 4.01. The summed E-state index contributed by atoms with van der Waals surface area (Å²) in [5, 5.41) is 7.73. The molecular formula is C13H11F3N2S3. The van der Waals surface area contributed by atoms with Crippen LogP contribution in [0.4, 0.5) is 13.2 Å². The Labute approximate surface area is 132 Å². The fourth-order valence-corrected chi connectivity index (χ4v) is 4.95. The van der Waals surface area contributed by atoms with Gasteiger partial charge in [-0.05, 0) is 33.6 Å². The lowest BCUT2D eigenvalue weighted by atomic mass is 10.1. The minimum Gasteiger partial charge on any atom is -0.166 e. The number of nitrogens with zero attached hydrogens (tertiary/aromatic N) is 2. The van der Waals surface area contributed by atoms with Gasteiger partial charge in [-0.15, -0.1) is 0 Å². The lowest BCUT2D eigenvalue weighted by Gasteiger charge is -2.08. The zero-order valence-corrected chi connectivity index (χ0v) is 13.2. The van der Waals surface area contributed by atoms with Crippen LogP contribution in [0.1, 0.15) is 16.8 Å². The van der Waals surface area contributed by atoms with Gasteiger partial charge >= 0.3 is 6.18 Å². The van der Waals surface area contributed by atoms with Crippen molar-refractivity contribution in [1.29, 1.82) is 0 Å². The Balaban J connectivity index is 1.74. The van der Waals surface area contributed by atoms with Gasteiger partial charge in [-0.1, -0.05) is 39.8 Å². The third-order valence-electron chi connectivity index (χ3n) is 2.41. The summed E-state index contributed by atoms with van der Waals surface area (Å²) >= 11 is 0. The van der Waals surface area contributed by atoms with Crippen LogP contribution in [-0.4, -0.2) is 10.2 Å². The Bertz CT molecular complexity index is 564. The second kappa shape index (κ2) is 7.95. The van der Waals surface area contributed by atoms with Crippen molar-refractivity contribution in [3.05, 3.63) is 59.4 Å². The van der Waals surface area contributed by atoms with Crippen LogP contribution in [0.2, 0.25) is 0 Å². The van der Waals surface area contributed by atoms with E-state index in [1.165, 1.54) is 22.9 Å². The SMILES string of the molecule is FC(F)(F)c1cccc(CSSSCc2cccnn2)c1. The van der Waals surface area contributed by atoms with Crippen LogP contribution in [-0.2, 0) is 17.7 Å². The van der Waals surface area contributed by atoms with Gasteiger partial charge in [0.15, 0.2) is 0 Å². The summed E-state index contributed by atoms with van der Waals surface area (Å²) in [5.41, 5.74) is 0.954. The first-order chi connectivity index (χ1) is 10.1. The van der Waals surface area contributed by atoms with Crippen LogP contribution < -0.4 is 0 Å². The van der Waals surface area contributed by atoms with Crippen molar-refractivity contribution in [2.45, 2.75) is 17.7 Å². The number of rotatable bonds is 6. The lowest BCUT2D eigenvalue weighted by Crippen LogP contribution is -2.04. The van der Waals surface area contributed by atoms with E-state index in [1.807, 2.05) is 12.1 Å². The molecule has 0 amide bonds. The topological polar surface area (TPSA) is 25.8 Å². The quantitative estimate of drug-likeness (QED) is 0.526. The van der Waals surface area contributed by atoms with Crippen molar-refractivity contribution in [1.82, 2.24) is 10.2 Å². The van der Waals surface area contributed by atoms with Crippen LogP contribution in [0, 0.1) is 0 Å². The molecule has 2 aromatic rings. The molecule has 0 N–H and O–H groups in total. The molecule has 1 aromatic carbocycles. The van der Waals surface area contributed by atoms with Gasteiger partial charge in [0, 0.05) is 17.7 Å². The number of halogens is 3. The minimum atomic E-state index is -4.28. The zero-order chi connectivity index (χ0) is 15.1. The molecule has 1 aromatic heterocycles. The van der Waals surface area contributed by atoms with E-state index in [0.717, 1.165) is 11.8 Å². The van der Waals surface area contributed by atoms with Crippen molar-refractivity contribution in [2.24, 2.45) is 0 Å². The maximum Gasteiger partial charge on any atom is 0.416 e. The molecule has 0 atom stereocenters. The molecule has 21 heavy (non-hydrogen) atoms. The van der Waals surface area contributed by atoms with E-state index in [0.29, 0.717) is 17.1 Å². The van der Waals surface area contributed by atoms with Crippen LogP contribution in [0.5, 0.6) is 0 Å². The highest BCUT2D eigenvalue weighted by molar-refractivity contribution is 9.09. The largest absolute Gasteiger partial charge is 0.416 e. The third kappa shape index (κ3) is 5.80. The van der Waals surface area contributed by atoms with E-state index in [1.54, 1.807) is 32.9 Å². The van der Waals surface area contributed by atoms with Gasteiger partial charge in [0.1, 0.15) is 0 Å². The Hall–Kier alpha value is -0.860. The summed E-state index contributed by atoms with van der Waals surface area (Å²) in [6.45, 7) is 0. The van der Waals surface area contributed by atoms with Crippen LogP contribution in [0.15, 0.2) is 42.6 Å². The van der Waals surface area contributed by atoms with Crippen molar-refractivity contribution in [3.8, 4) is 0 Å². The first-order valence-electron chi connectivity index (χ1n) is 5.89. The second-order valence-corrected chi connectivity index (χ2v) is 8.24. The van der Waals surface area contributed by atoms with E-state index in [4.69, 9.17) is 0 Å². The number of hydrogen-bond acceptors (Lipinski definition) is 5. The van der Waals surface area contributed by atoms with Crippen molar-refractivity contribution in [3.63, 3.8) is 0 Å². The summed E-state index contributed by atoms with van der Waals surface area (Å²) in [7, 11) is 4.64. The van der Waals surface area contributed by atoms with Crippen LogP contribution in [0.25, 0.3) is 0 Å². The molecular weight excluding hydrogens is 337 g/mol. The van der Waals surface area contributed by atoms with E-state index in [-0.39, 0.29) is 0 Å². The van der Waals surface area contributed by atoms with Gasteiger partial charge in [0.25, 0.3) is 0 Å². The zero-order valence-electron chi connectivity index (χ0n) is 10.7. The highest BCUT2D eigenvalue weighted by Crippen LogP contribution is 2.39. The molecule has 8 heteroatoms. The van der Waals surface area contributed by atoms with Crippen LogP contribution in [0.3, 0.4) is 0 Å². The maximum atomic E-state index is 12.6. The third-order valence-corrected chi connectivity index (χ3v) is 6.48. The summed E-state index contributed by atoms with van der Waals surface area (Å²) in [5.74, 6) is 1.25. The van der Waals surface area contributed by atoms with Gasteiger partial charge in [-0.3, -0.25) is 0 Å². The molecule has 0 saturated carbocycles. The van der Waals surface area contributed by atoms with Crippen molar-refractivity contribution < 1.29 is 13.2 Å². The summed E-state index contributed by atoms with van der Waals surface area (Å²) < 4.78 is 37.7. The molecule has 1 heterocycles. The Morgan fingerprint density at radius 3 is 2.52 bits per heavy atom. The molecule has 0 unspecified atom stereocenters. The fraction of sp³-hybridized carbons (Fsp3) is 0.231. The van der Waals surface area contributed by atoms with E-state index >= 15 is 0 Å². The van der Waals surface area contributed by atoms with Gasteiger partial charge in [0.05, 0.1) is 11.3 Å². The van der Waals surface area contributed by atoms with E-state index in [2.05, 4.69) is 10.2 Å². The molecule has 0 bridgehead atoms. The van der Waals surface area contributed by atoms with Gasteiger partial charge in [-0.25, -0.2) is 0 Å². The molecule has 2 rings (SSSR count). The van der Waals surface area contributed by atoms with Gasteiger partial charge in [-0.2, -0.15) is 23.4 Å². The normalized spacial score (nSPS) is 11.6. The average Bonchev–Trinajstić information content (AvgIpc) is 2.47. The van der Waals surface area contributed by atoms with Gasteiger partial charge < -0.3 is 0 Å². The molecule has 0 radical (unpaired) electrons. The molecule has 0 aliphatic rings. The van der Waals surface area contributed by atoms with Crippen LogP contribution >= 0.6 is 31.4 Å².